The lowest BCUT2D eigenvalue weighted by molar-refractivity contribution is 0.0529. The Labute approximate surface area is 159 Å². The second kappa shape index (κ2) is 9.56. The first-order valence-corrected chi connectivity index (χ1v) is 8.73. The first kappa shape index (κ1) is 20.2. The highest BCUT2D eigenvalue weighted by molar-refractivity contribution is 5.79. The Morgan fingerprint density at radius 3 is 2.44 bits per heavy atom. The number of benzene rings is 1. The number of guanidine groups is 1. The summed E-state index contributed by atoms with van der Waals surface area (Å²) in [7, 11) is 1.70. The number of alkyl carbamates (subject to hydrolysis) is 1. The molecule has 1 amide bonds. The summed E-state index contributed by atoms with van der Waals surface area (Å²) in [5, 5.41) is 13.2. The van der Waals surface area contributed by atoms with E-state index in [9.17, 15) is 4.79 Å². The van der Waals surface area contributed by atoms with Gasteiger partial charge in [-0.1, -0.05) is 12.1 Å². The molecule has 2 rings (SSSR count). The molecule has 9 nitrogen and oxygen atoms in total. The zero-order chi connectivity index (χ0) is 19.7. The van der Waals surface area contributed by atoms with Gasteiger partial charge in [0.1, 0.15) is 18.3 Å². The summed E-state index contributed by atoms with van der Waals surface area (Å²) in [6.07, 6.45) is 2.73. The molecule has 0 saturated heterocycles. The van der Waals surface area contributed by atoms with Crippen LogP contribution in [-0.2, 0) is 11.3 Å². The van der Waals surface area contributed by atoms with E-state index in [1.807, 2.05) is 45.0 Å². The van der Waals surface area contributed by atoms with Crippen LogP contribution in [0.15, 0.2) is 41.9 Å². The SMILES string of the molecule is CN=C(NCCNC(=O)OC(C)(C)C)NCc1ccc(-n2cncn2)cc1. The lowest BCUT2D eigenvalue weighted by Gasteiger charge is -2.20. The highest BCUT2D eigenvalue weighted by Crippen LogP contribution is 2.08. The van der Waals surface area contributed by atoms with Gasteiger partial charge in [-0.15, -0.1) is 0 Å². The molecule has 0 atom stereocenters. The van der Waals surface area contributed by atoms with Crippen molar-refractivity contribution in [1.29, 1.82) is 0 Å². The average molecular weight is 373 g/mol. The first-order valence-electron chi connectivity index (χ1n) is 8.73. The fraction of sp³-hybridized carbons (Fsp3) is 0.444. The second-order valence-corrected chi connectivity index (χ2v) is 6.79. The van der Waals surface area contributed by atoms with Crippen molar-refractivity contribution in [3.63, 3.8) is 0 Å². The van der Waals surface area contributed by atoms with Crippen LogP contribution in [0, 0.1) is 0 Å². The van der Waals surface area contributed by atoms with Crippen molar-refractivity contribution >= 4 is 12.1 Å². The lowest BCUT2D eigenvalue weighted by atomic mass is 10.2. The normalized spacial score (nSPS) is 11.8. The van der Waals surface area contributed by atoms with E-state index >= 15 is 0 Å². The number of hydrogen-bond donors (Lipinski definition) is 3. The molecule has 0 saturated carbocycles. The molecule has 1 aromatic carbocycles. The van der Waals surface area contributed by atoms with Crippen LogP contribution in [0.5, 0.6) is 0 Å². The van der Waals surface area contributed by atoms with Crippen molar-refractivity contribution in [2.24, 2.45) is 4.99 Å². The minimum atomic E-state index is -0.501. The van der Waals surface area contributed by atoms with E-state index in [1.54, 1.807) is 18.1 Å². The Morgan fingerprint density at radius 1 is 1.15 bits per heavy atom. The molecule has 0 fully saturated rings. The molecule has 27 heavy (non-hydrogen) atoms. The molecule has 1 aromatic heterocycles. The quantitative estimate of drug-likeness (QED) is 0.402. The third-order valence-corrected chi connectivity index (χ3v) is 3.39. The number of nitrogens with zero attached hydrogens (tertiary/aromatic N) is 4. The molecule has 0 radical (unpaired) electrons. The number of aliphatic imine (C=N–C) groups is 1. The Hall–Kier alpha value is -3.10. The molecule has 0 bridgehead atoms. The Kier molecular flexibility index (Phi) is 7.16. The number of nitrogens with one attached hydrogen (secondary N) is 3. The minimum Gasteiger partial charge on any atom is -0.444 e. The number of amides is 1. The third-order valence-electron chi connectivity index (χ3n) is 3.39. The van der Waals surface area contributed by atoms with Crippen molar-refractivity contribution in [2.45, 2.75) is 32.9 Å². The molecule has 0 aliphatic carbocycles. The van der Waals surface area contributed by atoms with Gasteiger partial charge in [-0.25, -0.2) is 14.5 Å². The molecule has 0 spiro atoms. The second-order valence-electron chi connectivity index (χ2n) is 6.79. The smallest absolute Gasteiger partial charge is 0.407 e. The number of carbonyl (C=O) groups is 1. The molecule has 3 N–H and O–H groups in total. The number of carbonyl (C=O) groups excluding carboxylic acids is 1. The zero-order valence-corrected chi connectivity index (χ0v) is 16.2. The maximum atomic E-state index is 11.6. The Bertz CT molecular complexity index is 734. The van der Waals surface area contributed by atoms with E-state index in [-0.39, 0.29) is 0 Å². The maximum absolute atomic E-state index is 11.6. The van der Waals surface area contributed by atoms with Gasteiger partial charge in [0, 0.05) is 26.7 Å². The molecule has 2 aromatic rings. The van der Waals surface area contributed by atoms with Crippen LogP contribution in [0.2, 0.25) is 0 Å². The predicted octanol–water partition coefficient (Wildman–Crippen LogP) is 1.46. The Morgan fingerprint density at radius 2 is 1.85 bits per heavy atom. The summed E-state index contributed by atoms with van der Waals surface area (Å²) in [6.45, 7) is 7.07. The Balaban J connectivity index is 1.70. The highest BCUT2D eigenvalue weighted by atomic mass is 16.6. The van der Waals surface area contributed by atoms with Crippen LogP contribution in [0.1, 0.15) is 26.3 Å². The first-order chi connectivity index (χ1) is 12.9. The van der Waals surface area contributed by atoms with Crippen molar-refractivity contribution in [2.75, 3.05) is 20.1 Å². The molecule has 0 aliphatic heterocycles. The zero-order valence-electron chi connectivity index (χ0n) is 16.2. The van der Waals surface area contributed by atoms with Gasteiger partial charge in [-0.3, -0.25) is 4.99 Å². The predicted molar refractivity (Wildman–Crippen MR) is 104 cm³/mol. The van der Waals surface area contributed by atoms with Crippen LogP contribution < -0.4 is 16.0 Å². The fourth-order valence-corrected chi connectivity index (χ4v) is 2.17. The molecule has 0 aliphatic rings. The largest absolute Gasteiger partial charge is 0.444 e. The third kappa shape index (κ3) is 7.35. The monoisotopic (exact) mass is 373 g/mol. The molecule has 0 unspecified atom stereocenters. The van der Waals surface area contributed by atoms with E-state index in [4.69, 9.17) is 4.74 Å². The van der Waals surface area contributed by atoms with E-state index in [1.165, 1.54) is 6.33 Å². The number of rotatable bonds is 6. The fourth-order valence-electron chi connectivity index (χ4n) is 2.17. The van der Waals surface area contributed by atoms with Gasteiger partial charge >= 0.3 is 6.09 Å². The van der Waals surface area contributed by atoms with Crippen molar-refractivity contribution in [1.82, 2.24) is 30.7 Å². The van der Waals surface area contributed by atoms with Gasteiger partial charge in [0.25, 0.3) is 0 Å². The minimum absolute atomic E-state index is 0.431. The molecular weight excluding hydrogens is 346 g/mol. The lowest BCUT2D eigenvalue weighted by Crippen LogP contribution is -2.42. The number of hydrogen-bond acceptors (Lipinski definition) is 5. The molecule has 146 valence electrons. The molecule has 1 heterocycles. The van der Waals surface area contributed by atoms with Gasteiger partial charge in [-0.2, -0.15) is 5.10 Å². The summed E-state index contributed by atoms with van der Waals surface area (Å²) in [6, 6.07) is 7.99. The number of ether oxygens (including phenoxy) is 1. The summed E-state index contributed by atoms with van der Waals surface area (Å²) >= 11 is 0. The topological polar surface area (TPSA) is 105 Å². The molecular formula is C18H27N7O2. The number of aromatic nitrogens is 3. The van der Waals surface area contributed by atoms with Gasteiger partial charge < -0.3 is 20.7 Å². The van der Waals surface area contributed by atoms with Crippen LogP contribution >= 0.6 is 0 Å². The van der Waals surface area contributed by atoms with Crippen molar-refractivity contribution in [3.8, 4) is 5.69 Å². The van der Waals surface area contributed by atoms with Gasteiger partial charge in [0.2, 0.25) is 0 Å². The molecule has 9 heteroatoms. The maximum Gasteiger partial charge on any atom is 0.407 e. The van der Waals surface area contributed by atoms with Crippen molar-refractivity contribution in [3.05, 3.63) is 42.5 Å². The van der Waals surface area contributed by atoms with Crippen LogP contribution in [0.3, 0.4) is 0 Å². The summed E-state index contributed by atoms with van der Waals surface area (Å²) in [5.74, 6) is 0.654. The van der Waals surface area contributed by atoms with Gasteiger partial charge in [0.15, 0.2) is 5.96 Å². The van der Waals surface area contributed by atoms with E-state index < -0.39 is 11.7 Å². The van der Waals surface area contributed by atoms with E-state index in [0.29, 0.717) is 25.6 Å². The summed E-state index contributed by atoms with van der Waals surface area (Å²) in [4.78, 5) is 19.7. The van der Waals surface area contributed by atoms with Gasteiger partial charge in [0.05, 0.1) is 5.69 Å². The average Bonchev–Trinajstić information content (AvgIpc) is 3.15. The highest BCUT2D eigenvalue weighted by Gasteiger charge is 2.15. The summed E-state index contributed by atoms with van der Waals surface area (Å²) < 4.78 is 6.88. The van der Waals surface area contributed by atoms with E-state index in [2.05, 4.69) is 31.0 Å². The van der Waals surface area contributed by atoms with E-state index in [0.717, 1.165) is 11.3 Å². The van der Waals surface area contributed by atoms with Crippen LogP contribution in [-0.4, -0.2) is 52.6 Å². The van der Waals surface area contributed by atoms with Crippen LogP contribution in [0.25, 0.3) is 5.69 Å². The van der Waals surface area contributed by atoms with Crippen LogP contribution in [0.4, 0.5) is 4.79 Å². The van der Waals surface area contributed by atoms with Crippen molar-refractivity contribution < 1.29 is 9.53 Å². The summed E-state index contributed by atoms with van der Waals surface area (Å²) in [5.41, 5.74) is 1.55. The van der Waals surface area contributed by atoms with Gasteiger partial charge in [-0.05, 0) is 38.5 Å². The standard InChI is InChI=1S/C18H27N7O2/c1-18(2,3)27-17(26)22-10-9-21-16(19-4)23-11-14-5-7-15(8-6-14)25-13-20-12-24-25/h5-8,12-13H,9-11H2,1-4H3,(H,22,26)(H2,19,21,23).